The molecule has 0 unspecified atom stereocenters. The summed E-state index contributed by atoms with van der Waals surface area (Å²) in [5.41, 5.74) is 1.65. The first-order valence-corrected chi connectivity index (χ1v) is 9.62. The van der Waals surface area contributed by atoms with Gasteiger partial charge in [-0.3, -0.25) is 9.78 Å². The summed E-state index contributed by atoms with van der Waals surface area (Å²) in [5.74, 6) is -0.269. The zero-order chi connectivity index (χ0) is 16.4. The Kier molecular flexibility index (Phi) is 4.14. The molecule has 0 bridgehead atoms. The Bertz CT molecular complexity index is 978. The first-order valence-electron chi connectivity index (χ1n) is 6.84. The van der Waals surface area contributed by atoms with E-state index in [4.69, 9.17) is 0 Å². The Hall–Kier alpha value is -2.25. The molecule has 0 fully saturated rings. The summed E-state index contributed by atoms with van der Waals surface area (Å²) in [4.78, 5) is 16.6. The summed E-state index contributed by atoms with van der Waals surface area (Å²) in [6.07, 6.45) is 2.92. The molecule has 1 amide bonds. The molecule has 2 heterocycles. The third-order valence-electron chi connectivity index (χ3n) is 3.29. The molecule has 0 saturated carbocycles. The van der Waals surface area contributed by atoms with E-state index >= 15 is 0 Å². The van der Waals surface area contributed by atoms with Gasteiger partial charge in [-0.25, -0.2) is 8.42 Å². The van der Waals surface area contributed by atoms with E-state index in [0.29, 0.717) is 5.00 Å². The van der Waals surface area contributed by atoms with Gasteiger partial charge < -0.3 is 5.32 Å². The molecule has 0 atom stereocenters. The molecule has 3 rings (SSSR count). The molecule has 1 N–H and O–H groups in total. The van der Waals surface area contributed by atoms with Crippen LogP contribution in [0.15, 0.2) is 52.9 Å². The van der Waals surface area contributed by atoms with E-state index in [-0.39, 0.29) is 17.2 Å². The van der Waals surface area contributed by atoms with Crippen molar-refractivity contribution >= 4 is 43.0 Å². The van der Waals surface area contributed by atoms with E-state index in [1.54, 1.807) is 11.6 Å². The maximum Gasteiger partial charge on any atom is 0.229 e. The zero-order valence-corrected chi connectivity index (χ0v) is 13.9. The van der Waals surface area contributed by atoms with Gasteiger partial charge in [0, 0.05) is 17.8 Å². The molecule has 0 aliphatic carbocycles. The van der Waals surface area contributed by atoms with Crippen LogP contribution >= 0.6 is 11.3 Å². The van der Waals surface area contributed by atoms with E-state index < -0.39 is 9.84 Å². The first kappa shape index (κ1) is 15.6. The Morgan fingerprint density at radius 2 is 2.04 bits per heavy atom. The van der Waals surface area contributed by atoms with Gasteiger partial charge in [0.15, 0.2) is 9.84 Å². The highest BCUT2D eigenvalue weighted by atomic mass is 32.2. The van der Waals surface area contributed by atoms with Crippen LogP contribution in [0.25, 0.3) is 10.9 Å². The molecule has 0 saturated heterocycles. The second-order valence-electron chi connectivity index (χ2n) is 5.15. The standard InChI is InChI=1S/C16H14N2O3S2/c1-23(20,21)14-6-7-22-16(14)18-15(19)9-11-8-12-4-2-3-5-13(12)17-10-11/h2-8,10H,9H2,1H3,(H,18,19). The molecule has 3 aromatic rings. The van der Waals surface area contributed by atoms with E-state index in [9.17, 15) is 13.2 Å². The highest BCUT2D eigenvalue weighted by Gasteiger charge is 2.16. The number of fused-ring (bicyclic) bond motifs is 1. The minimum atomic E-state index is -3.35. The lowest BCUT2D eigenvalue weighted by molar-refractivity contribution is -0.115. The van der Waals surface area contributed by atoms with Crippen LogP contribution in [0.5, 0.6) is 0 Å². The molecule has 0 aliphatic heterocycles. The SMILES string of the molecule is CS(=O)(=O)c1ccsc1NC(=O)Cc1cnc2ccccc2c1. The van der Waals surface area contributed by atoms with Crippen molar-refractivity contribution < 1.29 is 13.2 Å². The minimum Gasteiger partial charge on any atom is -0.316 e. The van der Waals surface area contributed by atoms with Crippen molar-refractivity contribution in [2.24, 2.45) is 0 Å². The number of thiophene rings is 1. The lowest BCUT2D eigenvalue weighted by Gasteiger charge is -2.06. The van der Waals surface area contributed by atoms with Gasteiger partial charge in [0.25, 0.3) is 0 Å². The second-order valence-corrected chi connectivity index (χ2v) is 8.05. The molecule has 23 heavy (non-hydrogen) atoms. The predicted octanol–water partition coefficient (Wildman–Crippen LogP) is 2.88. The third kappa shape index (κ3) is 3.57. The smallest absolute Gasteiger partial charge is 0.229 e. The van der Waals surface area contributed by atoms with Gasteiger partial charge in [0.1, 0.15) is 9.90 Å². The fraction of sp³-hybridized carbons (Fsp3) is 0.125. The van der Waals surface area contributed by atoms with Gasteiger partial charge in [-0.1, -0.05) is 18.2 Å². The number of benzene rings is 1. The summed E-state index contributed by atoms with van der Waals surface area (Å²) in [6.45, 7) is 0. The molecular weight excluding hydrogens is 332 g/mol. The van der Waals surface area contributed by atoms with Crippen molar-refractivity contribution in [3.63, 3.8) is 0 Å². The van der Waals surface area contributed by atoms with Gasteiger partial charge in [0.2, 0.25) is 5.91 Å². The fourth-order valence-corrected chi connectivity index (χ4v) is 4.33. The third-order valence-corrected chi connectivity index (χ3v) is 5.39. The zero-order valence-electron chi connectivity index (χ0n) is 12.3. The average molecular weight is 346 g/mol. The number of carbonyl (C=O) groups is 1. The molecule has 118 valence electrons. The highest BCUT2D eigenvalue weighted by molar-refractivity contribution is 7.91. The number of pyridine rings is 1. The summed E-state index contributed by atoms with van der Waals surface area (Å²) >= 11 is 1.19. The number of aromatic nitrogens is 1. The molecule has 7 heteroatoms. The minimum absolute atomic E-state index is 0.138. The quantitative estimate of drug-likeness (QED) is 0.788. The number of amides is 1. The fourth-order valence-electron chi connectivity index (χ4n) is 2.25. The number of para-hydroxylation sites is 1. The van der Waals surface area contributed by atoms with Crippen molar-refractivity contribution in [3.05, 3.63) is 53.5 Å². The van der Waals surface area contributed by atoms with Crippen LogP contribution in [0.4, 0.5) is 5.00 Å². The van der Waals surface area contributed by atoms with Crippen molar-refractivity contribution in [2.45, 2.75) is 11.3 Å². The number of rotatable bonds is 4. The molecule has 0 aliphatic rings. The van der Waals surface area contributed by atoms with Crippen molar-refractivity contribution in [1.82, 2.24) is 4.98 Å². The highest BCUT2D eigenvalue weighted by Crippen LogP contribution is 2.27. The second kappa shape index (κ2) is 6.10. The number of nitrogens with zero attached hydrogens (tertiary/aromatic N) is 1. The van der Waals surface area contributed by atoms with Crippen molar-refractivity contribution in [1.29, 1.82) is 0 Å². The van der Waals surface area contributed by atoms with Crippen molar-refractivity contribution in [2.75, 3.05) is 11.6 Å². The average Bonchev–Trinajstić information content (AvgIpc) is 2.95. The van der Waals surface area contributed by atoms with E-state index in [2.05, 4.69) is 10.3 Å². The number of anilines is 1. The van der Waals surface area contributed by atoms with Crippen LogP contribution in [-0.4, -0.2) is 25.6 Å². The van der Waals surface area contributed by atoms with Gasteiger partial charge in [0.05, 0.1) is 11.9 Å². The summed E-state index contributed by atoms with van der Waals surface area (Å²) < 4.78 is 23.3. The van der Waals surface area contributed by atoms with Crippen LogP contribution in [0, 0.1) is 0 Å². The van der Waals surface area contributed by atoms with E-state index in [0.717, 1.165) is 22.7 Å². The summed E-state index contributed by atoms with van der Waals surface area (Å²) in [6, 6.07) is 11.1. The van der Waals surface area contributed by atoms with E-state index in [1.165, 1.54) is 17.4 Å². The Balaban J connectivity index is 1.78. The molecule has 0 radical (unpaired) electrons. The van der Waals surface area contributed by atoms with Crippen LogP contribution in [-0.2, 0) is 21.1 Å². The van der Waals surface area contributed by atoms with Gasteiger partial charge >= 0.3 is 0 Å². The topological polar surface area (TPSA) is 76.1 Å². The maximum absolute atomic E-state index is 12.2. The molecule has 5 nitrogen and oxygen atoms in total. The summed E-state index contributed by atoms with van der Waals surface area (Å²) in [7, 11) is -3.35. The van der Waals surface area contributed by atoms with Crippen LogP contribution in [0.1, 0.15) is 5.56 Å². The Morgan fingerprint density at radius 1 is 1.26 bits per heavy atom. The lowest BCUT2D eigenvalue weighted by atomic mass is 10.1. The van der Waals surface area contributed by atoms with Gasteiger partial charge in [-0.2, -0.15) is 0 Å². The number of sulfone groups is 1. The monoisotopic (exact) mass is 346 g/mol. The van der Waals surface area contributed by atoms with Crippen LogP contribution < -0.4 is 5.32 Å². The van der Waals surface area contributed by atoms with Gasteiger partial charge in [-0.05, 0) is 29.1 Å². The molecule has 2 aromatic heterocycles. The number of hydrogen-bond donors (Lipinski definition) is 1. The van der Waals surface area contributed by atoms with Gasteiger partial charge in [-0.15, -0.1) is 11.3 Å². The van der Waals surface area contributed by atoms with Crippen LogP contribution in [0.3, 0.4) is 0 Å². The normalized spacial score (nSPS) is 11.5. The number of hydrogen-bond acceptors (Lipinski definition) is 5. The Morgan fingerprint density at radius 3 is 2.83 bits per heavy atom. The molecule has 1 aromatic carbocycles. The number of carbonyl (C=O) groups excluding carboxylic acids is 1. The van der Waals surface area contributed by atoms with E-state index in [1.807, 2.05) is 30.3 Å². The van der Waals surface area contributed by atoms with Crippen LogP contribution in [0.2, 0.25) is 0 Å². The maximum atomic E-state index is 12.2. The lowest BCUT2D eigenvalue weighted by Crippen LogP contribution is -2.15. The number of nitrogens with one attached hydrogen (secondary N) is 1. The first-order chi connectivity index (χ1) is 10.9. The summed E-state index contributed by atoms with van der Waals surface area (Å²) in [5, 5.41) is 5.63. The molecular formula is C16H14N2O3S2. The Labute approximate surface area is 137 Å². The largest absolute Gasteiger partial charge is 0.316 e. The predicted molar refractivity (Wildman–Crippen MR) is 91.5 cm³/mol. The van der Waals surface area contributed by atoms with Crippen molar-refractivity contribution in [3.8, 4) is 0 Å². The molecule has 0 spiro atoms.